The highest BCUT2D eigenvalue weighted by molar-refractivity contribution is 7.89. The average Bonchev–Trinajstić information content (AvgIpc) is 2.86. The van der Waals surface area contributed by atoms with Gasteiger partial charge in [0.25, 0.3) is 0 Å². The summed E-state index contributed by atoms with van der Waals surface area (Å²) in [6, 6.07) is 3.46. The Morgan fingerprint density at radius 1 is 1.20 bits per heavy atom. The molecule has 1 fully saturated rings. The van der Waals surface area contributed by atoms with Gasteiger partial charge in [-0.15, -0.1) is 0 Å². The summed E-state index contributed by atoms with van der Waals surface area (Å²) in [5, 5.41) is 0. The van der Waals surface area contributed by atoms with Crippen LogP contribution in [-0.2, 0) is 14.8 Å². The Balaban J connectivity index is 2.24. The lowest BCUT2D eigenvalue weighted by molar-refractivity contribution is 0.0902. The van der Waals surface area contributed by atoms with Crippen LogP contribution in [0, 0.1) is 20.8 Å². The van der Waals surface area contributed by atoms with Crippen LogP contribution in [-0.4, -0.2) is 27.2 Å². The first kappa shape index (κ1) is 15.5. The lowest BCUT2D eigenvalue weighted by Gasteiger charge is -2.21. The lowest BCUT2D eigenvalue weighted by Crippen LogP contribution is -2.41. The number of aryl methyl sites for hydroxylation is 3. The summed E-state index contributed by atoms with van der Waals surface area (Å²) in [7, 11) is -3.50. The number of hydrogen-bond acceptors (Lipinski definition) is 3. The summed E-state index contributed by atoms with van der Waals surface area (Å²) >= 11 is 0. The summed E-state index contributed by atoms with van der Waals surface area (Å²) in [5.41, 5.74) is 2.87. The van der Waals surface area contributed by atoms with E-state index in [1.54, 1.807) is 6.07 Å². The molecular weight excluding hydrogens is 274 g/mol. The summed E-state index contributed by atoms with van der Waals surface area (Å²) in [4.78, 5) is 0.366. The maximum Gasteiger partial charge on any atom is 0.241 e. The van der Waals surface area contributed by atoms with E-state index in [9.17, 15) is 8.42 Å². The highest BCUT2D eigenvalue weighted by Crippen LogP contribution is 2.22. The Morgan fingerprint density at radius 3 is 2.45 bits per heavy atom. The van der Waals surface area contributed by atoms with Gasteiger partial charge in [-0.3, -0.25) is 0 Å². The normalized spacial score (nSPS) is 21.1. The first-order valence-electron chi connectivity index (χ1n) is 7.03. The smallest absolute Gasteiger partial charge is 0.241 e. The van der Waals surface area contributed by atoms with Crippen molar-refractivity contribution in [1.29, 1.82) is 0 Å². The van der Waals surface area contributed by atoms with E-state index in [1.165, 1.54) is 0 Å². The third-order valence-electron chi connectivity index (χ3n) is 3.94. The molecular formula is C15H23NO3S. The number of nitrogens with one attached hydrogen (secondary N) is 1. The maximum atomic E-state index is 12.5. The van der Waals surface area contributed by atoms with Crippen LogP contribution in [0.5, 0.6) is 0 Å². The Bertz CT molecular complexity index is 589. The Labute approximate surface area is 121 Å². The topological polar surface area (TPSA) is 55.4 Å². The third kappa shape index (κ3) is 3.22. The van der Waals surface area contributed by atoms with E-state index < -0.39 is 10.0 Å². The summed E-state index contributed by atoms with van der Waals surface area (Å²) in [6.07, 6.45) is 1.89. The van der Waals surface area contributed by atoms with Crippen LogP contribution in [0.2, 0.25) is 0 Å². The number of sulfonamides is 1. The number of benzene rings is 1. The molecule has 20 heavy (non-hydrogen) atoms. The number of rotatable bonds is 4. The van der Waals surface area contributed by atoms with Gasteiger partial charge in [-0.2, -0.15) is 0 Å². The van der Waals surface area contributed by atoms with E-state index in [1.807, 2.05) is 33.8 Å². The van der Waals surface area contributed by atoms with Crippen molar-refractivity contribution < 1.29 is 13.2 Å². The lowest BCUT2D eigenvalue weighted by atomic mass is 10.1. The minimum absolute atomic E-state index is 0.0170. The van der Waals surface area contributed by atoms with Gasteiger partial charge >= 0.3 is 0 Å². The van der Waals surface area contributed by atoms with Crippen LogP contribution in [0.3, 0.4) is 0 Å². The molecule has 1 heterocycles. The van der Waals surface area contributed by atoms with Gasteiger partial charge in [-0.1, -0.05) is 6.07 Å². The van der Waals surface area contributed by atoms with Gasteiger partial charge in [-0.05, 0) is 63.3 Å². The zero-order valence-electron chi connectivity index (χ0n) is 12.6. The standard InChI is InChI=1S/C15H23NO3S/c1-10-8-12(3)15(9-11(10)2)20(17,18)16-13(4)14-6-5-7-19-14/h8-9,13-14,16H,5-7H2,1-4H3. The second-order valence-corrected chi connectivity index (χ2v) is 7.35. The molecule has 5 heteroatoms. The van der Waals surface area contributed by atoms with E-state index in [-0.39, 0.29) is 12.1 Å². The highest BCUT2D eigenvalue weighted by atomic mass is 32.2. The van der Waals surface area contributed by atoms with Gasteiger partial charge in [0.1, 0.15) is 0 Å². The largest absolute Gasteiger partial charge is 0.377 e. The molecule has 1 aromatic rings. The van der Waals surface area contributed by atoms with Crippen molar-refractivity contribution in [3.8, 4) is 0 Å². The molecule has 0 bridgehead atoms. The van der Waals surface area contributed by atoms with Crippen LogP contribution in [0.15, 0.2) is 17.0 Å². The second kappa shape index (κ2) is 5.84. The zero-order chi connectivity index (χ0) is 14.9. The fourth-order valence-corrected chi connectivity index (χ4v) is 4.19. The summed E-state index contributed by atoms with van der Waals surface area (Å²) in [5.74, 6) is 0. The fraction of sp³-hybridized carbons (Fsp3) is 0.600. The predicted molar refractivity (Wildman–Crippen MR) is 79.4 cm³/mol. The first-order valence-corrected chi connectivity index (χ1v) is 8.51. The molecule has 0 amide bonds. The molecule has 1 aromatic carbocycles. The molecule has 0 saturated carbocycles. The van der Waals surface area contributed by atoms with Crippen molar-refractivity contribution in [2.45, 2.75) is 57.6 Å². The maximum absolute atomic E-state index is 12.5. The quantitative estimate of drug-likeness (QED) is 0.929. The van der Waals surface area contributed by atoms with E-state index in [0.717, 1.165) is 36.1 Å². The molecule has 1 aliphatic heterocycles. The molecule has 0 radical (unpaired) electrons. The zero-order valence-corrected chi connectivity index (χ0v) is 13.4. The van der Waals surface area contributed by atoms with E-state index in [4.69, 9.17) is 4.74 Å². The van der Waals surface area contributed by atoms with E-state index >= 15 is 0 Å². The minimum atomic E-state index is -3.50. The molecule has 0 spiro atoms. The Kier molecular flexibility index (Phi) is 4.52. The monoisotopic (exact) mass is 297 g/mol. The Morgan fingerprint density at radius 2 is 1.85 bits per heavy atom. The molecule has 2 atom stereocenters. The van der Waals surface area contributed by atoms with Crippen molar-refractivity contribution in [2.75, 3.05) is 6.61 Å². The molecule has 0 aromatic heterocycles. The molecule has 1 aliphatic rings. The van der Waals surface area contributed by atoms with Gasteiger partial charge in [0.2, 0.25) is 10.0 Å². The average molecular weight is 297 g/mol. The highest BCUT2D eigenvalue weighted by Gasteiger charge is 2.27. The predicted octanol–water partition coefficient (Wildman–Crippen LogP) is 2.46. The van der Waals surface area contributed by atoms with Crippen molar-refractivity contribution in [2.24, 2.45) is 0 Å². The molecule has 1 N–H and O–H groups in total. The SMILES string of the molecule is Cc1cc(C)c(S(=O)(=O)NC(C)C2CCCO2)cc1C. The van der Waals surface area contributed by atoms with E-state index in [0.29, 0.717) is 4.90 Å². The first-order chi connectivity index (χ1) is 9.31. The Hall–Kier alpha value is -0.910. The molecule has 1 saturated heterocycles. The molecule has 2 unspecified atom stereocenters. The van der Waals surface area contributed by atoms with Crippen LogP contribution in [0.25, 0.3) is 0 Å². The van der Waals surface area contributed by atoms with Crippen molar-refractivity contribution >= 4 is 10.0 Å². The van der Waals surface area contributed by atoms with Crippen LogP contribution >= 0.6 is 0 Å². The van der Waals surface area contributed by atoms with Gasteiger partial charge in [-0.25, -0.2) is 13.1 Å². The molecule has 2 rings (SSSR count). The second-order valence-electron chi connectivity index (χ2n) is 5.66. The summed E-state index contributed by atoms with van der Waals surface area (Å²) in [6.45, 7) is 8.33. The molecule has 4 nitrogen and oxygen atoms in total. The number of hydrogen-bond donors (Lipinski definition) is 1. The fourth-order valence-electron chi connectivity index (χ4n) is 2.60. The minimum Gasteiger partial charge on any atom is -0.377 e. The van der Waals surface area contributed by atoms with Gasteiger partial charge in [0.05, 0.1) is 11.0 Å². The van der Waals surface area contributed by atoms with Crippen LogP contribution in [0.1, 0.15) is 36.5 Å². The van der Waals surface area contributed by atoms with Crippen LogP contribution < -0.4 is 4.72 Å². The molecule has 112 valence electrons. The summed E-state index contributed by atoms with van der Waals surface area (Å²) < 4.78 is 33.3. The van der Waals surface area contributed by atoms with Crippen LogP contribution in [0.4, 0.5) is 0 Å². The van der Waals surface area contributed by atoms with Crippen molar-refractivity contribution in [1.82, 2.24) is 4.72 Å². The van der Waals surface area contributed by atoms with Gasteiger partial charge < -0.3 is 4.74 Å². The molecule has 0 aliphatic carbocycles. The van der Waals surface area contributed by atoms with E-state index in [2.05, 4.69) is 4.72 Å². The third-order valence-corrected chi connectivity index (χ3v) is 5.65. The van der Waals surface area contributed by atoms with Gasteiger partial charge in [0, 0.05) is 12.6 Å². The number of ether oxygens (including phenoxy) is 1. The van der Waals surface area contributed by atoms with Crippen molar-refractivity contribution in [3.05, 3.63) is 28.8 Å². The van der Waals surface area contributed by atoms with Crippen molar-refractivity contribution in [3.63, 3.8) is 0 Å². The van der Waals surface area contributed by atoms with Gasteiger partial charge in [0.15, 0.2) is 0 Å².